The number of halogens is 1. The zero-order chi connectivity index (χ0) is 12.3. The van der Waals surface area contributed by atoms with Crippen LogP contribution in [0.2, 0.25) is 0 Å². The Balaban J connectivity index is 2.01. The molecule has 0 unspecified atom stereocenters. The summed E-state index contributed by atoms with van der Waals surface area (Å²) in [7, 11) is 0. The van der Waals surface area contributed by atoms with Crippen molar-refractivity contribution in [3.05, 3.63) is 28.7 Å². The first-order valence-corrected chi connectivity index (χ1v) is 6.79. The molecule has 1 aliphatic heterocycles. The third-order valence-corrected chi connectivity index (χ3v) is 3.63. The molecule has 1 aromatic rings. The lowest BCUT2D eigenvalue weighted by Gasteiger charge is -2.33. The first-order chi connectivity index (χ1) is 8.16. The van der Waals surface area contributed by atoms with E-state index in [2.05, 4.69) is 28.2 Å². The number of rotatable bonds is 1. The monoisotopic (exact) mass is 296 g/mol. The molecule has 1 N–H and O–H groups in total. The minimum Gasteiger partial charge on any atom is -0.322 e. The Morgan fingerprint density at radius 1 is 1.47 bits per heavy atom. The number of nitrogens with one attached hydrogen (secondary N) is 1. The van der Waals surface area contributed by atoms with Crippen LogP contribution in [0.15, 0.2) is 28.7 Å². The topological polar surface area (TPSA) is 32.3 Å². The van der Waals surface area contributed by atoms with Crippen molar-refractivity contribution in [2.75, 3.05) is 11.9 Å². The molecule has 17 heavy (non-hydrogen) atoms. The molecular weight excluding hydrogens is 280 g/mol. The molecule has 1 fully saturated rings. The number of benzene rings is 1. The summed E-state index contributed by atoms with van der Waals surface area (Å²) in [6.45, 7) is 2.97. The van der Waals surface area contributed by atoms with Gasteiger partial charge < -0.3 is 10.2 Å². The van der Waals surface area contributed by atoms with Gasteiger partial charge in [0.2, 0.25) is 0 Å². The fourth-order valence-corrected chi connectivity index (χ4v) is 2.56. The van der Waals surface area contributed by atoms with E-state index in [1.165, 1.54) is 6.42 Å². The van der Waals surface area contributed by atoms with Gasteiger partial charge in [-0.25, -0.2) is 4.79 Å². The van der Waals surface area contributed by atoms with Crippen molar-refractivity contribution in [1.82, 2.24) is 4.90 Å². The van der Waals surface area contributed by atoms with Crippen LogP contribution in [0.5, 0.6) is 0 Å². The molecule has 2 rings (SSSR count). The molecule has 0 spiro atoms. The van der Waals surface area contributed by atoms with Gasteiger partial charge in [-0.2, -0.15) is 0 Å². The smallest absolute Gasteiger partial charge is 0.322 e. The van der Waals surface area contributed by atoms with E-state index in [0.717, 1.165) is 29.5 Å². The molecule has 0 radical (unpaired) electrons. The molecule has 0 saturated carbocycles. The van der Waals surface area contributed by atoms with Crippen molar-refractivity contribution >= 4 is 27.6 Å². The lowest BCUT2D eigenvalue weighted by atomic mass is 10.0. The zero-order valence-electron chi connectivity index (χ0n) is 9.95. The Kier molecular flexibility index (Phi) is 4.05. The second-order valence-corrected chi connectivity index (χ2v) is 5.39. The number of piperidine rings is 1. The van der Waals surface area contributed by atoms with Crippen molar-refractivity contribution in [3.8, 4) is 0 Å². The predicted octanol–water partition coefficient (Wildman–Crippen LogP) is 3.86. The summed E-state index contributed by atoms with van der Waals surface area (Å²) in [5.74, 6) is 0. The SMILES string of the molecule is C[C@H]1CCCCN1C(=O)Nc1cccc(Br)c1. The maximum Gasteiger partial charge on any atom is 0.322 e. The number of hydrogen-bond acceptors (Lipinski definition) is 1. The van der Waals surface area contributed by atoms with Crippen LogP contribution in [-0.4, -0.2) is 23.5 Å². The number of anilines is 1. The van der Waals surface area contributed by atoms with E-state index in [1.54, 1.807) is 0 Å². The maximum absolute atomic E-state index is 12.1. The zero-order valence-corrected chi connectivity index (χ0v) is 11.5. The van der Waals surface area contributed by atoms with Crippen molar-refractivity contribution < 1.29 is 4.79 Å². The van der Waals surface area contributed by atoms with E-state index in [0.29, 0.717) is 6.04 Å². The van der Waals surface area contributed by atoms with E-state index < -0.39 is 0 Å². The molecule has 3 nitrogen and oxygen atoms in total. The summed E-state index contributed by atoms with van der Waals surface area (Å²) in [4.78, 5) is 14.0. The van der Waals surface area contributed by atoms with E-state index >= 15 is 0 Å². The molecule has 92 valence electrons. The normalized spacial score (nSPS) is 20.1. The van der Waals surface area contributed by atoms with E-state index in [4.69, 9.17) is 0 Å². The number of nitrogens with zero attached hydrogens (tertiary/aromatic N) is 1. The summed E-state index contributed by atoms with van der Waals surface area (Å²) < 4.78 is 0.974. The lowest BCUT2D eigenvalue weighted by Crippen LogP contribution is -2.44. The van der Waals surface area contributed by atoms with Gasteiger partial charge in [0.15, 0.2) is 0 Å². The molecule has 1 atom stereocenters. The maximum atomic E-state index is 12.1. The quantitative estimate of drug-likeness (QED) is 0.839. The highest BCUT2D eigenvalue weighted by molar-refractivity contribution is 9.10. The molecule has 1 heterocycles. The number of hydrogen-bond donors (Lipinski definition) is 1. The lowest BCUT2D eigenvalue weighted by molar-refractivity contribution is 0.170. The molecule has 0 aliphatic carbocycles. The molecule has 1 aliphatic rings. The number of carbonyl (C=O) groups excluding carboxylic acids is 1. The van der Waals surface area contributed by atoms with E-state index in [-0.39, 0.29) is 6.03 Å². The van der Waals surface area contributed by atoms with E-state index in [1.807, 2.05) is 29.2 Å². The van der Waals surface area contributed by atoms with Crippen molar-refractivity contribution in [1.29, 1.82) is 0 Å². The van der Waals surface area contributed by atoms with Gasteiger partial charge in [-0.15, -0.1) is 0 Å². The standard InChI is InChI=1S/C13H17BrN2O/c1-10-5-2-3-8-16(10)13(17)15-12-7-4-6-11(14)9-12/h4,6-7,9-10H,2-3,5,8H2,1H3,(H,15,17)/t10-/m0/s1. The molecule has 0 aromatic heterocycles. The van der Waals surface area contributed by atoms with Crippen LogP contribution in [0.25, 0.3) is 0 Å². The van der Waals surface area contributed by atoms with Crippen LogP contribution in [0, 0.1) is 0 Å². The molecule has 0 bridgehead atoms. The Labute approximate surface area is 110 Å². The van der Waals surface area contributed by atoms with Gasteiger partial charge in [0.25, 0.3) is 0 Å². The molecular formula is C13H17BrN2O. The fraction of sp³-hybridized carbons (Fsp3) is 0.462. The van der Waals surface area contributed by atoms with Gasteiger partial charge in [-0.05, 0) is 44.4 Å². The molecule has 4 heteroatoms. The molecule has 2 amide bonds. The summed E-state index contributed by atoms with van der Waals surface area (Å²) in [5.41, 5.74) is 0.835. The minimum absolute atomic E-state index is 0.00954. The van der Waals surface area contributed by atoms with Crippen molar-refractivity contribution in [2.45, 2.75) is 32.2 Å². The van der Waals surface area contributed by atoms with Crippen LogP contribution in [0.3, 0.4) is 0 Å². The van der Waals surface area contributed by atoms with Gasteiger partial charge in [0.1, 0.15) is 0 Å². The van der Waals surface area contributed by atoms with Crippen LogP contribution in [0.1, 0.15) is 26.2 Å². The summed E-state index contributed by atoms with van der Waals surface area (Å²) in [5, 5.41) is 2.94. The van der Waals surface area contributed by atoms with Crippen molar-refractivity contribution in [2.24, 2.45) is 0 Å². The van der Waals surface area contributed by atoms with Gasteiger partial charge in [-0.1, -0.05) is 22.0 Å². The number of carbonyl (C=O) groups is 1. The number of amides is 2. The largest absolute Gasteiger partial charge is 0.322 e. The molecule has 1 aromatic carbocycles. The van der Waals surface area contributed by atoms with Crippen LogP contribution < -0.4 is 5.32 Å². The Bertz CT molecular complexity index is 408. The van der Waals surface area contributed by atoms with Gasteiger partial charge in [0.05, 0.1) is 0 Å². The van der Waals surface area contributed by atoms with Crippen LogP contribution >= 0.6 is 15.9 Å². The summed E-state index contributed by atoms with van der Waals surface area (Å²) >= 11 is 3.40. The average Bonchev–Trinajstić information content (AvgIpc) is 2.29. The van der Waals surface area contributed by atoms with Gasteiger partial charge in [-0.3, -0.25) is 0 Å². The molecule has 1 saturated heterocycles. The Morgan fingerprint density at radius 2 is 2.29 bits per heavy atom. The average molecular weight is 297 g/mol. The van der Waals surface area contributed by atoms with Crippen LogP contribution in [-0.2, 0) is 0 Å². The summed E-state index contributed by atoms with van der Waals surface area (Å²) in [6.07, 6.45) is 3.43. The highest BCUT2D eigenvalue weighted by Crippen LogP contribution is 2.19. The van der Waals surface area contributed by atoms with Crippen molar-refractivity contribution in [3.63, 3.8) is 0 Å². The third-order valence-electron chi connectivity index (χ3n) is 3.14. The summed E-state index contributed by atoms with van der Waals surface area (Å²) in [6, 6.07) is 8.02. The minimum atomic E-state index is 0.00954. The number of likely N-dealkylation sites (tertiary alicyclic amines) is 1. The second kappa shape index (κ2) is 5.54. The highest BCUT2D eigenvalue weighted by atomic mass is 79.9. The fourth-order valence-electron chi connectivity index (χ4n) is 2.16. The second-order valence-electron chi connectivity index (χ2n) is 4.48. The van der Waals surface area contributed by atoms with E-state index in [9.17, 15) is 4.79 Å². The Morgan fingerprint density at radius 3 is 3.00 bits per heavy atom. The highest BCUT2D eigenvalue weighted by Gasteiger charge is 2.22. The van der Waals surface area contributed by atoms with Gasteiger partial charge >= 0.3 is 6.03 Å². The first-order valence-electron chi connectivity index (χ1n) is 6.00. The van der Waals surface area contributed by atoms with Gasteiger partial charge in [0, 0.05) is 22.7 Å². The third kappa shape index (κ3) is 3.22. The predicted molar refractivity (Wildman–Crippen MR) is 73.2 cm³/mol. The number of urea groups is 1. The Hall–Kier alpha value is -1.03. The van der Waals surface area contributed by atoms with Crippen LogP contribution in [0.4, 0.5) is 10.5 Å². The first kappa shape index (κ1) is 12.4.